The normalized spacial score (nSPS) is 12.4. The van der Waals surface area contributed by atoms with Crippen LogP contribution in [0.1, 0.15) is 22.3 Å². The summed E-state index contributed by atoms with van der Waals surface area (Å²) in [6.45, 7) is 3.87. The highest BCUT2D eigenvalue weighted by molar-refractivity contribution is 7.26. The SMILES string of the molecule is [B]c1c(O)c(O)c(O)c(O)c1C(N=C)=NC(=NCc1ccccc1)c1cc(-n2c3ccccc3c3ccc(-c4ccc(C(F)(F)F)cc4)cc32)cc2c1sc1c(-c3cccc(-c4ccccc4)c3)cccc12. The van der Waals surface area contributed by atoms with E-state index in [0.717, 1.165) is 81.9 Å². The standard InChI is InChI=1S/C59H38BF3N4O4S/c1-64-58(49-50(60)52(69)54(71)53(70)51(49)68)66-57(65-32-33-12-4-2-5-13-33)46-31-40(30-45-44-20-11-19-41(55(44)72-56(45)46)38-17-10-16-36(28-38)34-14-6-3-7-15-34)67-47-21-9-8-18-42(47)43-27-24-37(29-48(43)67)35-22-25-39(26-23-35)59(61,62)63/h2-31,68-71H,1,32H2. The van der Waals surface area contributed by atoms with Crippen molar-refractivity contribution in [3.63, 3.8) is 0 Å². The van der Waals surface area contributed by atoms with Crippen LogP contribution in [-0.4, -0.2) is 51.2 Å². The first-order valence-corrected chi connectivity index (χ1v) is 23.5. The number of aromatic nitrogens is 1. The third-order valence-corrected chi connectivity index (χ3v) is 14.1. The maximum Gasteiger partial charge on any atom is 0.416 e. The van der Waals surface area contributed by atoms with Gasteiger partial charge in [0.1, 0.15) is 7.85 Å². The zero-order valence-electron chi connectivity index (χ0n) is 37.9. The molecule has 0 atom stereocenters. The van der Waals surface area contributed by atoms with E-state index in [4.69, 9.17) is 17.8 Å². The molecule has 72 heavy (non-hydrogen) atoms. The van der Waals surface area contributed by atoms with Crippen LogP contribution >= 0.6 is 11.3 Å². The Hall–Kier alpha value is -8.94. The van der Waals surface area contributed by atoms with Crippen LogP contribution in [0.4, 0.5) is 13.2 Å². The molecule has 0 aliphatic carbocycles. The fourth-order valence-electron chi connectivity index (χ4n) is 9.33. The van der Waals surface area contributed by atoms with E-state index in [-0.39, 0.29) is 23.8 Å². The second kappa shape index (κ2) is 18.1. The minimum atomic E-state index is -4.49. The summed E-state index contributed by atoms with van der Waals surface area (Å²) in [6, 6.07) is 57.3. The number of nitrogens with zero attached hydrogens (tertiary/aromatic N) is 4. The highest BCUT2D eigenvalue weighted by Gasteiger charge is 2.30. The van der Waals surface area contributed by atoms with Gasteiger partial charge >= 0.3 is 6.18 Å². The lowest BCUT2D eigenvalue weighted by Crippen LogP contribution is -2.18. The second-order valence-electron chi connectivity index (χ2n) is 17.2. The van der Waals surface area contributed by atoms with Gasteiger partial charge in [0, 0.05) is 42.2 Å². The number of para-hydroxylation sites is 1. The second-order valence-corrected chi connectivity index (χ2v) is 18.2. The number of amidine groups is 2. The van der Waals surface area contributed by atoms with Crippen molar-refractivity contribution in [1.29, 1.82) is 0 Å². The van der Waals surface area contributed by atoms with Crippen molar-refractivity contribution in [2.24, 2.45) is 15.0 Å². The van der Waals surface area contributed by atoms with Crippen LogP contribution in [0.2, 0.25) is 0 Å². The van der Waals surface area contributed by atoms with Crippen molar-refractivity contribution in [3.05, 3.63) is 204 Å². The predicted molar refractivity (Wildman–Crippen MR) is 286 cm³/mol. The molecule has 4 N–H and O–H groups in total. The zero-order chi connectivity index (χ0) is 49.8. The van der Waals surface area contributed by atoms with Gasteiger partial charge in [0.2, 0.25) is 11.5 Å². The molecule has 0 saturated carbocycles. The molecule has 8 nitrogen and oxygen atoms in total. The van der Waals surface area contributed by atoms with Crippen LogP contribution in [0.3, 0.4) is 0 Å². The molecule has 0 amide bonds. The first-order valence-electron chi connectivity index (χ1n) is 22.6. The lowest BCUT2D eigenvalue weighted by molar-refractivity contribution is -0.137. The summed E-state index contributed by atoms with van der Waals surface area (Å²) in [5.74, 6) is -4.00. The predicted octanol–water partition coefficient (Wildman–Crippen LogP) is 13.9. The van der Waals surface area contributed by atoms with E-state index in [9.17, 15) is 33.6 Å². The Morgan fingerprint density at radius 3 is 1.90 bits per heavy atom. The Labute approximate surface area is 415 Å². The molecule has 2 aromatic heterocycles. The van der Waals surface area contributed by atoms with Crippen molar-refractivity contribution in [1.82, 2.24) is 4.57 Å². The van der Waals surface area contributed by atoms with Crippen LogP contribution < -0.4 is 5.46 Å². The number of hydrogen-bond acceptors (Lipinski definition) is 6. The summed E-state index contributed by atoms with van der Waals surface area (Å²) >= 11 is 1.55. The van der Waals surface area contributed by atoms with Crippen molar-refractivity contribution in [2.75, 3.05) is 0 Å². The van der Waals surface area contributed by atoms with Gasteiger partial charge in [-0.2, -0.15) is 13.2 Å². The number of aliphatic imine (C=N–C) groups is 3. The third-order valence-electron chi connectivity index (χ3n) is 12.9. The molecule has 11 rings (SSSR count). The number of alkyl halides is 3. The topological polar surface area (TPSA) is 123 Å². The van der Waals surface area contributed by atoms with Gasteiger partial charge in [-0.25, -0.2) is 9.98 Å². The average Bonchev–Trinajstić information content (AvgIpc) is 3.96. The van der Waals surface area contributed by atoms with Crippen LogP contribution in [0.15, 0.2) is 197 Å². The van der Waals surface area contributed by atoms with Gasteiger partial charge in [-0.15, -0.1) is 11.3 Å². The van der Waals surface area contributed by atoms with Gasteiger partial charge in [-0.1, -0.05) is 140 Å². The molecule has 0 aliphatic rings. The summed E-state index contributed by atoms with van der Waals surface area (Å²) in [5, 5.41) is 46.7. The molecule has 0 fully saturated rings. The van der Waals surface area contributed by atoms with Gasteiger partial charge < -0.3 is 25.0 Å². The minimum absolute atomic E-state index is 0.129. The van der Waals surface area contributed by atoms with Crippen LogP contribution in [0.25, 0.3) is 81.0 Å². The van der Waals surface area contributed by atoms with Gasteiger partial charge in [-0.3, -0.25) is 4.99 Å². The van der Waals surface area contributed by atoms with Gasteiger partial charge in [0.15, 0.2) is 23.2 Å². The largest absolute Gasteiger partial charge is 0.505 e. The fraction of sp³-hybridized carbons (Fsp3) is 0.0339. The van der Waals surface area contributed by atoms with Crippen LogP contribution in [0.5, 0.6) is 23.0 Å². The molecule has 13 heteroatoms. The molecule has 2 radical (unpaired) electrons. The van der Waals surface area contributed by atoms with Gasteiger partial charge in [-0.05, 0) is 93.6 Å². The average molecular weight is 967 g/mol. The third kappa shape index (κ3) is 7.99. The van der Waals surface area contributed by atoms with E-state index < -0.39 is 40.2 Å². The number of thiophene rings is 1. The van der Waals surface area contributed by atoms with E-state index in [1.54, 1.807) is 11.3 Å². The maximum absolute atomic E-state index is 13.7. The smallest absolute Gasteiger partial charge is 0.416 e. The molecule has 0 spiro atoms. The Balaban J connectivity index is 1.22. The Morgan fingerprint density at radius 2 is 1.15 bits per heavy atom. The van der Waals surface area contributed by atoms with Crippen molar-refractivity contribution in [3.8, 4) is 62.1 Å². The molecular weight excluding hydrogens is 929 g/mol. The lowest BCUT2D eigenvalue weighted by atomic mass is 9.87. The van der Waals surface area contributed by atoms with E-state index >= 15 is 0 Å². The molecule has 2 heterocycles. The first kappa shape index (κ1) is 45.5. The van der Waals surface area contributed by atoms with Crippen molar-refractivity contribution in [2.45, 2.75) is 12.7 Å². The lowest BCUT2D eigenvalue weighted by Gasteiger charge is -2.15. The van der Waals surface area contributed by atoms with Gasteiger partial charge in [0.05, 0.1) is 28.7 Å². The van der Waals surface area contributed by atoms with Crippen LogP contribution in [0, 0.1) is 0 Å². The number of phenolic OH excluding ortho intramolecular Hbond substituents is 4. The number of phenols is 4. The molecule has 0 saturated heterocycles. The number of hydrogen-bond donors (Lipinski definition) is 4. The quantitative estimate of drug-likeness (QED) is 0.0398. The summed E-state index contributed by atoms with van der Waals surface area (Å²) in [5.41, 5.74) is 7.53. The molecule has 9 aromatic carbocycles. The number of fused-ring (bicyclic) bond motifs is 6. The molecule has 0 bridgehead atoms. The fourth-order valence-corrected chi connectivity index (χ4v) is 10.7. The maximum atomic E-state index is 13.7. The van der Waals surface area contributed by atoms with Crippen molar-refractivity contribution >= 4 is 85.0 Å². The molecular formula is C59H38BF3N4O4S. The Morgan fingerprint density at radius 1 is 0.542 bits per heavy atom. The first-order chi connectivity index (χ1) is 34.9. The highest BCUT2D eigenvalue weighted by atomic mass is 32.1. The Kier molecular flexibility index (Phi) is 11.4. The monoisotopic (exact) mass is 966 g/mol. The summed E-state index contributed by atoms with van der Waals surface area (Å²) < 4.78 is 44.9. The molecule has 11 aromatic rings. The summed E-state index contributed by atoms with van der Waals surface area (Å²) in [7, 11) is 6.30. The van der Waals surface area contributed by atoms with E-state index in [1.165, 1.54) is 12.1 Å². The molecule has 0 unspecified atom stereocenters. The van der Waals surface area contributed by atoms with Crippen molar-refractivity contribution < 1.29 is 33.6 Å². The highest BCUT2D eigenvalue weighted by Crippen LogP contribution is 2.46. The Bertz CT molecular complexity index is 3990. The summed E-state index contributed by atoms with van der Waals surface area (Å²) in [4.78, 5) is 14.2. The number of benzene rings is 9. The minimum Gasteiger partial charge on any atom is -0.505 e. The number of aromatic hydroxyl groups is 4. The zero-order valence-corrected chi connectivity index (χ0v) is 38.7. The molecule has 0 aliphatic heterocycles. The number of rotatable bonds is 8. The summed E-state index contributed by atoms with van der Waals surface area (Å²) in [6.07, 6.45) is -4.49. The van der Waals surface area contributed by atoms with Crippen LogP contribution in [-0.2, 0) is 12.7 Å². The molecule has 348 valence electrons. The van der Waals surface area contributed by atoms with Gasteiger partial charge in [0.25, 0.3) is 0 Å². The number of halogens is 3. The van der Waals surface area contributed by atoms with E-state index in [1.807, 2.05) is 109 Å². The van der Waals surface area contributed by atoms with E-state index in [0.29, 0.717) is 22.4 Å². The van der Waals surface area contributed by atoms with E-state index in [2.05, 4.69) is 64.8 Å².